The number of benzene rings is 2. The third-order valence-corrected chi connectivity index (χ3v) is 4.61. The zero-order valence-corrected chi connectivity index (χ0v) is 15.7. The molecule has 0 spiro atoms. The molecule has 6 nitrogen and oxygen atoms in total. The van der Waals surface area contributed by atoms with Crippen molar-refractivity contribution in [3.63, 3.8) is 0 Å². The molecule has 0 aromatic heterocycles. The van der Waals surface area contributed by atoms with Gasteiger partial charge in [0.15, 0.2) is 0 Å². The average molecular weight is 369 g/mol. The minimum atomic E-state index is -0.0158. The van der Waals surface area contributed by atoms with Crippen LogP contribution in [0, 0.1) is 6.92 Å². The number of piperazine rings is 1. The summed E-state index contributed by atoms with van der Waals surface area (Å²) in [5, 5.41) is 11.9. The van der Waals surface area contributed by atoms with Crippen LogP contribution in [-0.4, -0.2) is 66.7 Å². The van der Waals surface area contributed by atoms with Crippen molar-refractivity contribution in [3.8, 4) is 11.5 Å². The highest BCUT2D eigenvalue weighted by Gasteiger charge is 2.18. The van der Waals surface area contributed by atoms with Gasteiger partial charge in [-0.2, -0.15) is 0 Å². The van der Waals surface area contributed by atoms with E-state index in [0.29, 0.717) is 13.1 Å². The maximum atomic E-state index is 12.3. The number of hydrogen-bond acceptors (Lipinski definition) is 5. The Labute approximate surface area is 160 Å². The molecular formula is C21H27N3O3. The lowest BCUT2D eigenvalue weighted by molar-refractivity contribution is -0.117. The summed E-state index contributed by atoms with van der Waals surface area (Å²) in [5.74, 6) is 1.52. The van der Waals surface area contributed by atoms with Crippen LogP contribution in [0.3, 0.4) is 0 Å². The van der Waals surface area contributed by atoms with Crippen LogP contribution in [-0.2, 0) is 4.79 Å². The van der Waals surface area contributed by atoms with E-state index in [1.807, 2.05) is 55.5 Å². The van der Waals surface area contributed by atoms with Crippen LogP contribution in [0.1, 0.15) is 5.56 Å². The summed E-state index contributed by atoms with van der Waals surface area (Å²) in [6, 6.07) is 15.3. The van der Waals surface area contributed by atoms with E-state index in [2.05, 4.69) is 15.1 Å². The number of aliphatic hydroxyl groups is 1. The summed E-state index contributed by atoms with van der Waals surface area (Å²) in [7, 11) is 0. The van der Waals surface area contributed by atoms with Crippen molar-refractivity contribution < 1.29 is 14.6 Å². The summed E-state index contributed by atoms with van der Waals surface area (Å²) in [4.78, 5) is 16.6. The first-order chi connectivity index (χ1) is 13.1. The summed E-state index contributed by atoms with van der Waals surface area (Å²) < 4.78 is 5.83. The monoisotopic (exact) mass is 369 g/mol. The average Bonchev–Trinajstić information content (AvgIpc) is 2.65. The van der Waals surface area contributed by atoms with Gasteiger partial charge in [0, 0.05) is 38.4 Å². The van der Waals surface area contributed by atoms with Gasteiger partial charge in [0.1, 0.15) is 11.5 Å². The number of carbonyl (C=O) groups is 1. The van der Waals surface area contributed by atoms with E-state index in [9.17, 15) is 4.79 Å². The molecule has 2 N–H and O–H groups in total. The molecule has 6 heteroatoms. The van der Waals surface area contributed by atoms with Crippen LogP contribution in [0.4, 0.5) is 5.69 Å². The van der Waals surface area contributed by atoms with E-state index in [-0.39, 0.29) is 12.5 Å². The van der Waals surface area contributed by atoms with Gasteiger partial charge in [-0.15, -0.1) is 0 Å². The molecule has 2 aromatic carbocycles. The Morgan fingerprint density at radius 3 is 2.41 bits per heavy atom. The molecule has 1 aliphatic rings. The minimum absolute atomic E-state index is 0.0158. The molecule has 0 radical (unpaired) electrons. The van der Waals surface area contributed by atoms with Gasteiger partial charge in [0.2, 0.25) is 5.91 Å². The minimum Gasteiger partial charge on any atom is -0.457 e. The third-order valence-electron chi connectivity index (χ3n) is 4.61. The van der Waals surface area contributed by atoms with Crippen molar-refractivity contribution in [1.82, 2.24) is 9.80 Å². The molecule has 144 valence electrons. The van der Waals surface area contributed by atoms with E-state index in [0.717, 1.165) is 48.9 Å². The number of anilines is 1. The molecule has 1 heterocycles. The summed E-state index contributed by atoms with van der Waals surface area (Å²) in [6.45, 7) is 6.76. The Morgan fingerprint density at radius 1 is 1.04 bits per heavy atom. The predicted molar refractivity (Wildman–Crippen MR) is 106 cm³/mol. The number of carbonyl (C=O) groups excluding carboxylic acids is 1. The smallest absolute Gasteiger partial charge is 0.238 e. The number of amides is 1. The molecule has 0 saturated carbocycles. The van der Waals surface area contributed by atoms with Crippen LogP contribution in [0.2, 0.25) is 0 Å². The Hall–Kier alpha value is -2.41. The van der Waals surface area contributed by atoms with Crippen molar-refractivity contribution in [3.05, 3.63) is 54.1 Å². The number of β-amino-alcohol motifs (C(OH)–C–C–N with tert-alkyl or cyclic N) is 1. The molecular weight excluding hydrogens is 342 g/mol. The van der Waals surface area contributed by atoms with Gasteiger partial charge in [-0.1, -0.05) is 12.1 Å². The van der Waals surface area contributed by atoms with Crippen LogP contribution >= 0.6 is 0 Å². The SMILES string of the molecule is Cc1cccc(Oc2ccc(NC(=O)CN3CCN(CCO)CC3)cc2)c1. The van der Waals surface area contributed by atoms with Gasteiger partial charge in [0.05, 0.1) is 13.2 Å². The second-order valence-electron chi connectivity index (χ2n) is 6.83. The Bertz CT molecular complexity index is 741. The Kier molecular flexibility index (Phi) is 6.81. The quantitative estimate of drug-likeness (QED) is 0.784. The standard InChI is InChI=1S/C21H27N3O3/c1-17-3-2-4-20(15-17)27-19-7-5-18(6-8-19)22-21(26)16-24-11-9-23(10-12-24)13-14-25/h2-8,15,25H,9-14,16H2,1H3,(H,22,26). The van der Waals surface area contributed by atoms with Crippen LogP contribution in [0.25, 0.3) is 0 Å². The van der Waals surface area contributed by atoms with Gasteiger partial charge in [-0.25, -0.2) is 0 Å². The zero-order valence-electron chi connectivity index (χ0n) is 15.7. The number of ether oxygens (including phenoxy) is 1. The van der Waals surface area contributed by atoms with Gasteiger partial charge in [-0.05, 0) is 48.9 Å². The number of nitrogens with one attached hydrogen (secondary N) is 1. The molecule has 3 rings (SSSR count). The lowest BCUT2D eigenvalue weighted by atomic mass is 10.2. The highest BCUT2D eigenvalue weighted by Crippen LogP contribution is 2.23. The second-order valence-corrected chi connectivity index (χ2v) is 6.83. The van der Waals surface area contributed by atoms with E-state index in [4.69, 9.17) is 9.84 Å². The molecule has 0 atom stereocenters. The molecule has 27 heavy (non-hydrogen) atoms. The van der Waals surface area contributed by atoms with Crippen molar-refractivity contribution in [2.24, 2.45) is 0 Å². The normalized spacial score (nSPS) is 15.5. The van der Waals surface area contributed by atoms with E-state index < -0.39 is 0 Å². The van der Waals surface area contributed by atoms with E-state index in [1.54, 1.807) is 0 Å². The molecule has 1 amide bonds. The molecule has 1 fully saturated rings. The maximum absolute atomic E-state index is 12.3. The fraction of sp³-hybridized carbons (Fsp3) is 0.381. The fourth-order valence-corrected chi connectivity index (χ4v) is 3.14. The lowest BCUT2D eigenvalue weighted by Crippen LogP contribution is -2.49. The summed E-state index contributed by atoms with van der Waals surface area (Å²) >= 11 is 0. The molecule has 1 saturated heterocycles. The van der Waals surface area contributed by atoms with Gasteiger partial charge in [-0.3, -0.25) is 14.6 Å². The molecule has 1 aliphatic heterocycles. The summed E-state index contributed by atoms with van der Waals surface area (Å²) in [6.07, 6.45) is 0. The number of hydrogen-bond donors (Lipinski definition) is 2. The molecule has 0 aliphatic carbocycles. The van der Waals surface area contributed by atoms with Crippen LogP contribution in [0.5, 0.6) is 11.5 Å². The van der Waals surface area contributed by atoms with E-state index in [1.165, 1.54) is 0 Å². The van der Waals surface area contributed by atoms with Crippen LogP contribution in [0.15, 0.2) is 48.5 Å². The predicted octanol–water partition coefficient (Wildman–Crippen LogP) is 2.34. The van der Waals surface area contributed by atoms with Crippen LogP contribution < -0.4 is 10.1 Å². The number of nitrogens with zero attached hydrogens (tertiary/aromatic N) is 2. The van der Waals surface area contributed by atoms with Gasteiger partial charge >= 0.3 is 0 Å². The first-order valence-corrected chi connectivity index (χ1v) is 9.32. The van der Waals surface area contributed by atoms with Crippen molar-refractivity contribution in [1.29, 1.82) is 0 Å². The zero-order chi connectivity index (χ0) is 19.1. The van der Waals surface area contributed by atoms with Crippen molar-refractivity contribution in [2.45, 2.75) is 6.92 Å². The molecule has 0 bridgehead atoms. The van der Waals surface area contributed by atoms with Gasteiger partial charge in [0.25, 0.3) is 0 Å². The third kappa shape index (κ3) is 6.06. The highest BCUT2D eigenvalue weighted by atomic mass is 16.5. The Morgan fingerprint density at radius 2 is 1.74 bits per heavy atom. The fourth-order valence-electron chi connectivity index (χ4n) is 3.14. The largest absolute Gasteiger partial charge is 0.457 e. The highest BCUT2D eigenvalue weighted by molar-refractivity contribution is 5.92. The maximum Gasteiger partial charge on any atom is 0.238 e. The number of aliphatic hydroxyl groups excluding tert-OH is 1. The lowest BCUT2D eigenvalue weighted by Gasteiger charge is -2.33. The van der Waals surface area contributed by atoms with Crippen molar-refractivity contribution in [2.75, 3.05) is 51.2 Å². The van der Waals surface area contributed by atoms with Crippen molar-refractivity contribution >= 4 is 11.6 Å². The second kappa shape index (κ2) is 9.50. The first kappa shape index (κ1) is 19.4. The molecule has 2 aromatic rings. The summed E-state index contributed by atoms with van der Waals surface area (Å²) in [5.41, 5.74) is 1.91. The Balaban J connectivity index is 1.46. The van der Waals surface area contributed by atoms with Gasteiger partial charge < -0.3 is 15.2 Å². The first-order valence-electron chi connectivity index (χ1n) is 9.32. The van der Waals surface area contributed by atoms with E-state index >= 15 is 0 Å². The molecule has 0 unspecified atom stereocenters. The topological polar surface area (TPSA) is 65.0 Å². The number of aryl methyl sites for hydroxylation is 1. The number of rotatable bonds is 7.